The van der Waals surface area contributed by atoms with Crippen molar-refractivity contribution in [3.05, 3.63) is 0 Å². The van der Waals surface area contributed by atoms with Gasteiger partial charge >= 0.3 is 12.1 Å². The summed E-state index contributed by atoms with van der Waals surface area (Å²) in [6.45, 7) is 3.62. The van der Waals surface area contributed by atoms with E-state index in [0.717, 1.165) is 4.90 Å². The monoisotopic (exact) mass is 535 g/mol. The topological polar surface area (TPSA) is 131 Å². The molecule has 0 aromatic heterocycles. The standard InChI is InChI=1S/C23H30F5N5O4/c1-11(2)7-16(32-21(37)23(26,27)28)20(36)33-14-3-4-15(22(24,25)9-14)17(33)19(35)31-13(10-29)8-12-5-6-30-18(12)34/h11-17H,3-9H2,1-2H3,(H,30,34)(H,31,35)(H,32,37)/t12-,13-,14-,15-,16+,17+/m0/s1. The minimum absolute atomic E-state index is 0.0587. The molecule has 14 heteroatoms. The molecule has 206 valence electrons. The number of nitrogens with one attached hydrogen (secondary N) is 3. The average molecular weight is 536 g/mol. The zero-order valence-corrected chi connectivity index (χ0v) is 20.4. The van der Waals surface area contributed by atoms with Gasteiger partial charge in [-0.3, -0.25) is 19.2 Å². The highest BCUT2D eigenvalue weighted by atomic mass is 19.4. The van der Waals surface area contributed by atoms with E-state index in [4.69, 9.17) is 0 Å². The molecule has 0 radical (unpaired) electrons. The van der Waals surface area contributed by atoms with E-state index >= 15 is 0 Å². The number of alkyl halides is 5. The first kappa shape index (κ1) is 28.6. The molecule has 0 unspecified atom stereocenters. The lowest BCUT2D eigenvalue weighted by molar-refractivity contribution is -0.196. The third-order valence-electron chi connectivity index (χ3n) is 7.18. The van der Waals surface area contributed by atoms with Gasteiger partial charge in [0.05, 0.1) is 12.0 Å². The third kappa shape index (κ3) is 6.30. The Balaban J connectivity index is 1.87. The van der Waals surface area contributed by atoms with Crippen LogP contribution in [0, 0.1) is 29.1 Å². The first-order chi connectivity index (χ1) is 17.2. The minimum atomic E-state index is -5.27. The molecule has 6 atom stereocenters. The van der Waals surface area contributed by atoms with Crippen LogP contribution in [0.25, 0.3) is 0 Å². The van der Waals surface area contributed by atoms with Gasteiger partial charge in [0, 0.05) is 24.9 Å². The smallest absolute Gasteiger partial charge is 0.356 e. The lowest BCUT2D eigenvalue weighted by atomic mass is 9.71. The van der Waals surface area contributed by atoms with Crippen molar-refractivity contribution in [2.75, 3.05) is 6.54 Å². The van der Waals surface area contributed by atoms with E-state index in [9.17, 15) is 46.4 Å². The number of rotatable bonds is 8. The van der Waals surface area contributed by atoms with Gasteiger partial charge in [-0.2, -0.15) is 18.4 Å². The highest BCUT2D eigenvalue weighted by Crippen LogP contribution is 2.49. The Morgan fingerprint density at radius 2 is 1.86 bits per heavy atom. The van der Waals surface area contributed by atoms with Gasteiger partial charge in [0.15, 0.2) is 0 Å². The summed E-state index contributed by atoms with van der Waals surface area (Å²) in [7, 11) is 0. The van der Waals surface area contributed by atoms with E-state index in [0.29, 0.717) is 13.0 Å². The van der Waals surface area contributed by atoms with Gasteiger partial charge in [-0.05, 0) is 38.0 Å². The Bertz CT molecular complexity index is 966. The summed E-state index contributed by atoms with van der Waals surface area (Å²) >= 11 is 0. The van der Waals surface area contributed by atoms with Crippen LogP contribution in [0.2, 0.25) is 0 Å². The maximum atomic E-state index is 14.9. The predicted molar refractivity (Wildman–Crippen MR) is 117 cm³/mol. The Kier molecular flexibility index (Phi) is 8.34. The van der Waals surface area contributed by atoms with Gasteiger partial charge in [0.1, 0.15) is 18.1 Å². The zero-order valence-electron chi connectivity index (χ0n) is 20.4. The summed E-state index contributed by atoms with van der Waals surface area (Å²) in [6.07, 6.45) is -5.87. The van der Waals surface area contributed by atoms with E-state index in [2.05, 4.69) is 10.6 Å². The van der Waals surface area contributed by atoms with Crippen LogP contribution in [-0.2, 0) is 19.2 Å². The molecule has 0 aromatic rings. The fraction of sp³-hybridized carbons (Fsp3) is 0.783. The summed E-state index contributed by atoms with van der Waals surface area (Å²) in [5.74, 6) is -10.6. The van der Waals surface area contributed by atoms with Gasteiger partial charge in [-0.1, -0.05) is 13.8 Å². The summed E-state index contributed by atoms with van der Waals surface area (Å²) in [5.41, 5.74) is 0. The lowest BCUT2D eigenvalue weighted by Crippen LogP contribution is -2.71. The second-order valence-corrected chi connectivity index (χ2v) is 10.3. The quantitative estimate of drug-likeness (QED) is 0.407. The minimum Gasteiger partial charge on any atom is -0.356 e. The van der Waals surface area contributed by atoms with Gasteiger partial charge in [-0.15, -0.1) is 0 Å². The van der Waals surface area contributed by atoms with Crippen molar-refractivity contribution in [1.29, 1.82) is 5.26 Å². The largest absolute Gasteiger partial charge is 0.471 e. The van der Waals surface area contributed by atoms with Crippen LogP contribution < -0.4 is 16.0 Å². The first-order valence-electron chi connectivity index (χ1n) is 12.2. The van der Waals surface area contributed by atoms with Crippen molar-refractivity contribution in [3.63, 3.8) is 0 Å². The number of fused-ring (bicyclic) bond motifs is 3. The number of piperidine rings is 2. The SMILES string of the molecule is CC(C)C[C@@H](NC(=O)C(F)(F)F)C(=O)N1[C@H]2CC[C@@H]([C@@H]1C(=O)N[C@H](C#N)C[C@@H]1CCNC1=O)C(F)(F)C2. The Morgan fingerprint density at radius 1 is 1.19 bits per heavy atom. The second-order valence-electron chi connectivity index (χ2n) is 10.3. The van der Waals surface area contributed by atoms with Crippen LogP contribution in [0.15, 0.2) is 0 Å². The van der Waals surface area contributed by atoms with Crippen LogP contribution in [0.5, 0.6) is 0 Å². The van der Waals surface area contributed by atoms with Crippen molar-refractivity contribution in [2.24, 2.45) is 17.8 Å². The van der Waals surface area contributed by atoms with E-state index in [-0.39, 0.29) is 37.5 Å². The van der Waals surface area contributed by atoms with Gasteiger partial charge in [-0.25, -0.2) is 8.78 Å². The van der Waals surface area contributed by atoms with Crippen LogP contribution in [0.1, 0.15) is 52.4 Å². The van der Waals surface area contributed by atoms with Crippen molar-refractivity contribution < 1.29 is 41.1 Å². The number of nitrogens with zero attached hydrogens (tertiary/aromatic N) is 2. The fourth-order valence-electron chi connectivity index (χ4n) is 5.49. The molecule has 0 aromatic carbocycles. The van der Waals surface area contributed by atoms with E-state index < -0.39 is 72.2 Å². The fourth-order valence-corrected chi connectivity index (χ4v) is 5.49. The molecule has 3 heterocycles. The first-order valence-corrected chi connectivity index (χ1v) is 12.2. The number of halogens is 5. The summed E-state index contributed by atoms with van der Waals surface area (Å²) in [4.78, 5) is 51.1. The van der Waals surface area contributed by atoms with Crippen LogP contribution >= 0.6 is 0 Å². The van der Waals surface area contributed by atoms with Crippen molar-refractivity contribution in [3.8, 4) is 6.07 Å². The number of hydrogen-bond acceptors (Lipinski definition) is 5. The normalized spacial score (nSPS) is 28.3. The molecule has 3 saturated heterocycles. The highest BCUT2D eigenvalue weighted by Gasteiger charge is 2.61. The Hall–Kier alpha value is -2.98. The molecule has 37 heavy (non-hydrogen) atoms. The highest BCUT2D eigenvalue weighted by molar-refractivity contribution is 5.94. The lowest BCUT2D eigenvalue weighted by Gasteiger charge is -2.54. The van der Waals surface area contributed by atoms with Gasteiger partial charge < -0.3 is 20.9 Å². The number of amides is 4. The number of nitriles is 1. The maximum Gasteiger partial charge on any atom is 0.471 e. The molecule has 2 bridgehead atoms. The molecule has 4 aliphatic rings. The second kappa shape index (κ2) is 10.8. The van der Waals surface area contributed by atoms with Crippen molar-refractivity contribution in [2.45, 2.75) is 88.6 Å². The van der Waals surface area contributed by atoms with Crippen molar-refractivity contribution >= 4 is 23.6 Å². The molecule has 1 aliphatic carbocycles. The molecule has 1 saturated carbocycles. The Labute approximate surface area is 210 Å². The molecule has 3 N–H and O–H groups in total. The molecule has 9 nitrogen and oxygen atoms in total. The predicted octanol–water partition coefficient (Wildman–Crippen LogP) is 1.63. The maximum absolute atomic E-state index is 14.9. The van der Waals surface area contributed by atoms with E-state index in [1.807, 2.05) is 6.07 Å². The molecular weight excluding hydrogens is 505 g/mol. The molecule has 4 amide bonds. The molecular formula is C23H30F5N5O4. The zero-order chi connectivity index (χ0) is 27.7. The van der Waals surface area contributed by atoms with Crippen LogP contribution in [-0.4, -0.2) is 71.3 Å². The van der Waals surface area contributed by atoms with Crippen LogP contribution in [0.4, 0.5) is 22.0 Å². The van der Waals surface area contributed by atoms with Crippen molar-refractivity contribution in [1.82, 2.24) is 20.9 Å². The third-order valence-corrected chi connectivity index (χ3v) is 7.18. The van der Waals surface area contributed by atoms with E-state index in [1.54, 1.807) is 19.2 Å². The summed E-state index contributed by atoms with van der Waals surface area (Å²) in [6, 6.07) is -3.94. The molecule has 0 spiro atoms. The molecule has 3 aliphatic heterocycles. The number of carbonyl (C=O) groups excluding carboxylic acids is 4. The number of hydrogen-bond donors (Lipinski definition) is 3. The van der Waals surface area contributed by atoms with Gasteiger partial charge in [0.2, 0.25) is 17.7 Å². The molecule has 4 rings (SSSR count). The van der Waals surface area contributed by atoms with Gasteiger partial charge in [0.25, 0.3) is 5.92 Å². The van der Waals surface area contributed by atoms with Crippen LogP contribution in [0.3, 0.4) is 0 Å². The molecule has 4 fully saturated rings. The summed E-state index contributed by atoms with van der Waals surface area (Å²) < 4.78 is 68.5. The van der Waals surface area contributed by atoms with E-state index in [1.165, 1.54) is 0 Å². The number of carbonyl (C=O) groups is 4. The summed E-state index contributed by atoms with van der Waals surface area (Å²) in [5, 5.41) is 16.1. The Morgan fingerprint density at radius 3 is 2.38 bits per heavy atom. The average Bonchev–Trinajstić information content (AvgIpc) is 3.19.